The number of aromatic nitrogens is 4. The number of rotatable bonds is 4. The monoisotopic (exact) mass is 287 g/mol. The van der Waals surface area contributed by atoms with Gasteiger partial charge in [-0.1, -0.05) is 6.92 Å². The Morgan fingerprint density at radius 3 is 2.90 bits per heavy atom. The lowest BCUT2D eigenvalue weighted by atomic mass is 10.1. The number of anilines is 1. The van der Waals surface area contributed by atoms with Gasteiger partial charge in [0.25, 0.3) is 0 Å². The summed E-state index contributed by atoms with van der Waals surface area (Å²) in [5, 5.41) is 10.9. The highest BCUT2D eigenvalue weighted by atomic mass is 32.1. The SMILES string of the molecule is CCC(Nc1nc(C)nc2sccc12)c1ccnn1C. The van der Waals surface area contributed by atoms with Crippen LogP contribution in [0.3, 0.4) is 0 Å². The number of hydrogen-bond donors (Lipinski definition) is 1. The van der Waals surface area contributed by atoms with Crippen molar-refractivity contribution in [2.75, 3.05) is 5.32 Å². The first kappa shape index (κ1) is 13.1. The summed E-state index contributed by atoms with van der Waals surface area (Å²) in [5.41, 5.74) is 1.16. The smallest absolute Gasteiger partial charge is 0.139 e. The summed E-state index contributed by atoms with van der Waals surface area (Å²) in [7, 11) is 1.96. The van der Waals surface area contributed by atoms with Crippen LogP contribution in [0.2, 0.25) is 0 Å². The average Bonchev–Trinajstić information content (AvgIpc) is 3.04. The Balaban J connectivity index is 1.99. The molecule has 0 saturated heterocycles. The molecule has 0 fully saturated rings. The maximum Gasteiger partial charge on any atom is 0.139 e. The molecule has 0 spiro atoms. The average molecular weight is 287 g/mol. The maximum atomic E-state index is 4.56. The van der Waals surface area contributed by atoms with Gasteiger partial charge < -0.3 is 5.32 Å². The van der Waals surface area contributed by atoms with E-state index in [2.05, 4.69) is 38.8 Å². The van der Waals surface area contributed by atoms with Crippen molar-refractivity contribution < 1.29 is 0 Å². The van der Waals surface area contributed by atoms with Crippen LogP contribution in [0.1, 0.15) is 30.9 Å². The van der Waals surface area contributed by atoms with Gasteiger partial charge in [-0.25, -0.2) is 9.97 Å². The molecule has 3 rings (SSSR count). The van der Waals surface area contributed by atoms with Crippen LogP contribution < -0.4 is 5.32 Å². The van der Waals surface area contributed by atoms with E-state index < -0.39 is 0 Å². The summed E-state index contributed by atoms with van der Waals surface area (Å²) in [5.74, 6) is 1.70. The molecule has 20 heavy (non-hydrogen) atoms. The fourth-order valence-corrected chi connectivity index (χ4v) is 3.16. The van der Waals surface area contributed by atoms with Crippen LogP contribution in [-0.4, -0.2) is 19.7 Å². The Bertz CT molecular complexity index is 730. The third kappa shape index (κ3) is 2.27. The summed E-state index contributed by atoms with van der Waals surface area (Å²) in [6, 6.07) is 4.30. The van der Waals surface area contributed by atoms with Crippen LogP contribution in [0.5, 0.6) is 0 Å². The molecule has 1 unspecified atom stereocenters. The first-order valence-corrected chi connectivity index (χ1v) is 7.53. The van der Waals surface area contributed by atoms with Gasteiger partial charge in [0, 0.05) is 13.2 Å². The number of nitrogens with zero attached hydrogens (tertiary/aromatic N) is 4. The van der Waals surface area contributed by atoms with Crippen molar-refractivity contribution in [1.29, 1.82) is 0 Å². The minimum Gasteiger partial charge on any atom is -0.361 e. The predicted molar refractivity (Wildman–Crippen MR) is 82.0 cm³/mol. The molecule has 0 aliphatic rings. The molecule has 0 aromatic carbocycles. The molecule has 1 atom stereocenters. The molecule has 0 aliphatic heterocycles. The molecule has 0 bridgehead atoms. The summed E-state index contributed by atoms with van der Waals surface area (Å²) in [6.07, 6.45) is 2.79. The van der Waals surface area contributed by atoms with Crippen LogP contribution in [0.15, 0.2) is 23.7 Å². The third-order valence-electron chi connectivity index (χ3n) is 3.37. The van der Waals surface area contributed by atoms with E-state index in [1.165, 1.54) is 0 Å². The number of hydrogen-bond acceptors (Lipinski definition) is 5. The van der Waals surface area contributed by atoms with Crippen molar-refractivity contribution in [3.8, 4) is 0 Å². The zero-order valence-corrected chi connectivity index (χ0v) is 12.6. The normalized spacial score (nSPS) is 12.8. The van der Waals surface area contributed by atoms with Gasteiger partial charge in [0.1, 0.15) is 16.5 Å². The number of nitrogens with one attached hydrogen (secondary N) is 1. The fraction of sp³-hybridized carbons (Fsp3) is 0.357. The van der Waals surface area contributed by atoms with Gasteiger partial charge in [-0.2, -0.15) is 5.10 Å². The molecule has 104 valence electrons. The minimum absolute atomic E-state index is 0.194. The molecule has 0 saturated carbocycles. The van der Waals surface area contributed by atoms with Crippen LogP contribution in [0, 0.1) is 6.92 Å². The van der Waals surface area contributed by atoms with E-state index in [4.69, 9.17) is 0 Å². The van der Waals surface area contributed by atoms with Crippen molar-refractivity contribution in [2.45, 2.75) is 26.3 Å². The van der Waals surface area contributed by atoms with E-state index in [0.717, 1.165) is 34.0 Å². The van der Waals surface area contributed by atoms with Gasteiger partial charge in [-0.05, 0) is 30.9 Å². The van der Waals surface area contributed by atoms with Gasteiger partial charge >= 0.3 is 0 Å². The summed E-state index contributed by atoms with van der Waals surface area (Å²) in [6.45, 7) is 4.08. The molecule has 0 amide bonds. The number of aryl methyl sites for hydroxylation is 2. The van der Waals surface area contributed by atoms with E-state index >= 15 is 0 Å². The lowest BCUT2D eigenvalue weighted by Gasteiger charge is -2.18. The lowest BCUT2D eigenvalue weighted by molar-refractivity contribution is 0.632. The first-order valence-electron chi connectivity index (χ1n) is 6.65. The van der Waals surface area contributed by atoms with E-state index in [-0.39, 0.29) is 6.04 Å². The summed E-state index contributed by atoms with van der Waals surface area (Å²) in [4.78, 5) is 10.0. The van der Waals surface area contributed by atoms with Gasteiger partial charge in [0.2, 0.25) is 0 Å². The molecule has 0 aliphatic carbocycles. The van der Waals surface area contributed by atoms with Crippen LogP contribution in [-0.2, 0) is 7.05 Å². The molecular weight excluding hydrogens is 270 g/mol. The highest BCUT2D eigenvalue weighted by Crippen LogP contribution is 2.28. The lowest BCUT2D eigenvalue weighted by Crippen LogP contribution is -2.15. The highest BCUT2D eigenvalue weighted by Gasteiger charge is 2.16. The molecule has 3 heterocycles. The van der Waals surface area contributed by atoms with Gasteiger partial charge in [0.05, 0.1) is 17.1 Å². The molecule has 3 aromatic rings. The molecule has 3 aromatic heterocycles. The first-order chi connectivity index (χ1) is 9.69. The van der Waals surface area contributed by atoms with Crippen molar-refractivity contribution in [3.05, 3.63) is 35.2 Å². The quantitative estimate of drug-likeness (QED) is 0.800. The van der Waals surface area contributed by atoms with Crippen LogP contribution in [0.25, 0.3) is 10.2 Å². The topological polar surface area (TPSA) is 55.6 Å². The summed E-state index contributed by atoms with van der Waals surface area (Å²) < 4.78 is 1.90. The van der Waals surface area contributed by atoms with Gasteiger partial charge in [-0.3, -0.25) is 4.68 Å². The standard InChI is InChI=1S/C14H17N5S/c1-4-11(12-5-7-15-19(12)3)18-13-10-6-8-20-14(10)17-9(2)16-13/h5-8,11H,4H2,1-3H3,(H,16,17,18). The molecule has 0 radical (unpaired) electrons. The van der Waals surface area contributed by atoms with Crippen molar-refractivity contribution in [3.63, 3.8) is 0 Å². The van der Waals surface area contributed by atoms with Crippen molar-refractivity contribution in [1.82, 2.24) is 19.7 Å². The third-order valence-corrected chi connectivity index (χ3v) is 4.18. The van der Waals surface area contributed by atoms with E-state index in [9.17, 15) is 0 Å². The Morgan fingerprint density at radius 2 is 2.20 bits per heavy atom. The van der Waals surface area contributed by atoms with Crippen LogP contribution >= 0.6 is 11.3 Å². The molecule has 1 N–H and O–H groups in total. The van der Waals surface area contributed by atoms with Gasteiger partial charge in [0.15, 0.2) is 0 Å². The molecule has 6 heteroatoms. The number of thiophene rings is 1. The minimum atomic E-state index is 0.194. The predicted octanol–water partition coefficient (Wildman–Crippen LogP) is 3.30. The second kappa shape index (κ2) is 5.20. The largest absolute Gasteiger partial charge is 0.361 e. The van der Waals surface area contributed by atoms with Crippen LogP contribution in [0.4, 0.5) is 5.82 Å². The Hall–Kier alpha value is -1.95. The Labute approximate surface area is 121 Å². The summed E-state index contributed by atoms with van der Waals surface area (Å²) >= 11 is 1.64. The Morgan fingerprint density at radius 1 is 1.35 bits per heavy atom. The van der Waals surface area contributed by atoms with E-state index in [0.29, 0.717) is 0 Å². The second-order valence-corrected chi connectivity index (χ2v) is 5.64. The van der Waals surface area contributed by atoms with E-state index in [1.807, 2.05) is 30.9 Å². The maximum absolute atomic E-state index is 4.56. The van der Waals surface area contributed by atoms with Crippen molar-refractivity contribution >= 4 is 27.4 Å². The molecule has 5 nitrogen and oxygen atoms in total. The number of fused-ring (bicyclic) bond motifs is 1. The highest BCUT2D eigenvalue weighted by molar-refractivity contribution is 7.16. The Kier molecular flexibility index (Phi) is 3.40. The van der Waals surface area contributed by atoms with E-state index in [1.54, 1.807) is 11.3 Å². The zero-order valence-electron chi connectivity index (χ0n) is 11.8. The van der Waals surface area contributed by atoms with Gasteiger partial charge in [-0.15, -0.1) is 11.3 Å². The fourth-order valence-electron chi connectivity index (χ4n) is 2.35. The zero-order chi connectivity index (χ0) is 14.1. The molecular formula is C14H17N5S. The second-order valence-electron chi connectivity index (χ2n) is 4.74. The van der Waals surface area contributed by atoms with Crippen molar-refractivity contribution in [2.24, 2.45) is 7.05 Å².